The van der Waals surface area contributed by atoms with E-state index in [2.05, 4.69) is 26.3 Å². The molecular formula is C22H20N6O. The number of nitrogens with two attached hydrogens (primary N) is 1. The molecule has 144 valence electrons. The van der Waals surface area contributed by atoms with Gasteiger partial charge in [-0.15, -0.1) is 0 Å². The van der Waals surface area contributed by atoms with Crippen LogP contribution in [0.5, 0.6) is 0 Å². The average molecular weight is 384 g/mol. The molecule has 0 aliphatic heterocycles. The number of nitrogens with one attached hydrogen (secondary N) is 1. The van der Waals surface area contributed by atoms with Crippen molar-refractivity contribution in [2.75, 3.05) is 11.1 Å². The zero-order valence-corrected chi connectivity index (χ0v) is 16.0. The third kappa shape index (κ3) is 2.88. The summed E-state index contributed by atoms with van der Waals surface area (Å²) in [6.45, 7) is 2.00. The van der Waals surface area contributed by atoms with E-state index in [-0.39, 0.29) is 23.7 Å². The molecule has 0 bridgehead atoms. The van der Waals surface area contributed by atoms with E-state index in [9.17, 15) is 10.1 Å². The number of hydrogen-bond acceptors (Lipinski definition) is 6. The summed E-state index contributed by atoms with van der Waals surface area (Å²) in [5.74, 6) is 1.33. The Balaban J connectivity index is 1.44. The topological polar surface area (TPSA) is 118 Å². The Morgan fingerprint density at radius 3 is 2.97 bits per heavy atom. The van der Waals surface area contributed by atoms with E-state index in [1.54, 1.807) is 18.6 Å². The Morgan fingerprint density at radius 1 is 1.31 bits per heavy atom. The van der Waals surface area contributed by atoms with Gasteiger partial charge in [0, 0.05) is 35.5 Å². The first-order valence-corrected chi connectivity index (χ1v) is 9.74. The van der Waals surface area contributed by atoms with Gasteiger partial charge in [-0.3, -0.25) is 9.78 Å². The Morgan fingerprint density at radius 2 is 2.17 bits per heavy atom. The first kappa shape index (κ1) is 17.6. The molecule has 5 rings (SSSR count). The summed E-state index contributed by atoms with van der Waals surface area (Å²) in [4.78, 5) is 25.7. The summed E-state index contributed by atoms with van der Waals surface area (Å²) in [6, 6.07) is 8.02. The smallest absolute Gasteiger partial charge is 0.229 e. The first-order valence-electron chi connectivity index (χ1n) is 9.74. The minimum Gasteiger partial charge on any atom is -0.383 e. The molecule has 29 heavy (non-hydrogen) atoms. The van der Waals surface area contributed by atoms with Gasteiger partial charge in [0.05, 0.1) is 17.7 Å². The van der Waals surface area contributed by atoms with Crippen LogP contribution in [0.15, 0.2) is 36.8 Å². The summed E-state index contributed by atoms with van der Waals surface area (Å²) in [7, 11) is 0. The molecule has 3 heterocycles. The van der Waals surface area contributed by atoms with Gasteiger partial charge < -0.3 is 11.1 Å². The van der Waals surface area contributed by atoms with Gasteiger partial charge in [0.15, 0.2) is 0 Å². The monoisotopic (exact) mass is 384 g/mol. The molecule has 0 aromatic carbocycles. The zero-order valence-electron chi connectivity index (χ0n) is 16.0. The van der Waals surface area contributed by atoms with Crippen molar-refractivity contribution in [2.45, 2.75) is 19.8 Å². The highest BCUT2D eigenvalue weighted by Crippen LogP contribution is 2.60. The van der Waals surface area contributed by atoms with E-state index in [1.165, 1.54) is 0 Å². The average Bonchev–Trinajstić information content (AvgIpc) is 3.28. The van der Waals surface area contributed by atoms with Gasteiger partial charge in [-0.1, -0.05) is 0 Å². The molecular weight excluding hydrogens is 364 g/mol. The molecule has 2 aliphatic rings. The van der Waals surface area contributed by atoms with Crippen molar-refractivity contribution in [3.63, 3.8) is 0 Å². The summed E-state index contributed by atoms with van der Waals surface area (Å²) in [5.41, 5.74) is 8.86. The predicted octanol–water partition coefficient (Wildman–Crippen LogP) is 3.32. The van der Waals surface area contributed by atoms with E-state index in [0.29, 0.717) is 17.6 Å². The number of hydrogen-bond donors (Lipinski definition) is 2. The lowest BCUT2D eigenvalue weighted by molar-refractivity contribution is -0.118. The number of aryl methyl sites for hydroxylation is 1. The maximum absolute atomic E-state index is 12.7. The molecule has 3 aromatic heterocycles. The number of aromatic nitrogens is 3. The summed E-state index contributed by atoms with van der Waals surface area (Å²) in [6.07, 6.45) is 7.02. The van der Waals surface area contributed by atoms with Crippen molar-refractivity contribution in [3.05, 3.63) is 42.4 Å². The van der Waals surface area contributed by atoms with Crippen LogP contribution in [0.4, 0.5) is 11.6 Å². The van der Waals surface area contributed by atoms with Gasteiger partial charge in [-0.25, -0.2) is 9.97 Å². The molecule has 0 radical (unpaired) electrons. The van der Waals surface area contributed by atoms with Gasteiger partial charge in [0.2, 0.25) is 5.91 Å². The number of rotatable bonds is 3. The number of nitrogen functional groups attached to an aromatic ring is 1. The van der Waals surface area contributed by atoms with Crippen LogP contribution < -0.4 is 11.1 Å². The van der Waals surface area contributed by atoms with Crippen molar-refractivity contribution in [2.24, 2.45) is 23.7 Å². The standard InChI is InChI=1S/C22H20N6O/c1-11-4-5-25-9-15(11)17-6-13-7-18(26-10-16(13)21(24)27-17)28-22(29)20-14-3-2-12(8-23)19(14)20/h4-7,9-10,12,14,19-20H,2-3H2,1H3,(H2,24,27)(H,26,28,29)/t12-,14?,19-,20+/m0/s1. The molecule has 0 saturated heterocycles. The molecule has 7 nitrogen and oxygen atoms in total. The summed E-state index contributed by atoms with van der Waals surface area (Å²) < 4.78 is 0. The number of pyridine rings is 3. The minimum atomic E-state index is -0.0676. The van der Waals surface area contributed by atoms with Crippen LogP contribution >= 0.6 is 0 Å². The van der Waals surface area contributed by atoms with E-state index < -0.39 is 0 Å². The molecule has 4 atom stereocenters. The van der Waals surface area contributed by atoms with Crippen molar-refractivity contribution >= 4 is 28.3 Å². The molecule has 2 aliphatic carbocycles. The van der Waals surface area contributed by atoms with Gasteiger partial charge in [-0.05, 0) is 60.7 Å². The lowest BCUT2D eigenvalue weighted by Gasteiger charge is -2.11. The molecule has 3 aromatic rings. The number of nitriles is 1. The summed E-state index contributed by atoms with van der Waals surface area (Å²) in [5, 5.41) is 13.7. The lowest BCUT2D eigenvalue weighted by atomic mass is 10.0. The largest absolute Gasteiger partial charge is 0.383 e. The van der Waals surface area contributed by atoms with Crippen molar-refractivity contribution in [1.82, 2.24) is 15.0 Å². The number of amides is 1. The van der Waals surface area contributed by atoms with Crippen LogP contribution in [0.1, 0.15) is 18.4 Å². The fourth-order valence-electron chi connectivity index (χ4n) is 4.73. The first-order chi connectivity index (χ1) is 14.1. The predicted molar refractivity (Wildman–Crippen MR) is 109 cm³/mol. The van der Waals surface area contributed by atoms with Crippen LogP contribution in [-0.4, -0.2) is 20.9 Å². The Kier molecular flexibility index (Phi) is 3.95. The number of carbonyl (C=O) groups is 1. The van der Waals surface area contributed by atoms with Crippen LogP contribution in [0.3, 0.4) is 0 Å². The number of carbonyl (C=O) groups excluding carboxylic acids is 1. The Bertz CT molecular complexity index is 1180. The van der Waals surface area contributed by atoms with Gasteiger partial charge in [-0.2, -0.15) is 5.26 Å². The number of fused-ring (bicyclic) bond motifs is 2. The quantitative estimate of drug-likeness (QED) is 0.715. The van der Waals surface area contributed by atoms with Crippen LogP contribution in [0.25, 0.3) is 22.0 Å². The van der Waals surface area contributed by atoms with Crippen LogP contribution in [0, 0.1) is 41.9 Å². The molecule has 1 amide bonds. The zero-order chi connectivity index (χ0) is 20.1. The van der Waals surface area contributed by atoms with E-state index >= 15 is 0 Å². The molecule has 7 heteroatoms. The van der Waals surface area contributed by atoms with Crippen LogP contribution in [0.2, 0.25) is 0 Å². The highest BCUT2D eigenvalue weighted by atomic mass is 16.2. The fourth-order valence-corrected chi connectivity index (χ4v) is 4.73. The third-order valence-corrected chi connectivity index (χ3v) is 6.28. The molecule has 1 unspecified atom stereocenters. The SMILES string of the molecule is Cc1ccncc1-c1cc2cc(NC(=O)[C@@H]3C4CC[C@@H](C#N)[C@@H]43)ncc2c(N)n1. The molecule has 2 fully saturated rings. The second kappa shape index (κ2) is 6.52. The molecule has 3 N–H and O–H groups in total. The van der Waals surface area contributed by atoms with E-state index in [1.807, 2.05) is 25.1 Å². The fraction of sp³-hybridized carbons (Fsp3) is 0.318. The van der Waals surface area contributed by atoms with Gasteiger partial charge in [0.25, 0.3) is 0 Å². The number of anilines is 2. The Hall–Kier alpha value is -3.53. The van der Waals surface area contributed by atoms with Gasteiger partial charge in [0.1, 0.15) is 11.6 Å². The number of nitrogens with zero attached hydrogens (tertiary/aromatic N) is 4. The van der Waals surface area contributed by atoms with Crippen molar-refractivity contribution in [3.8, 4) is 17.3 Å². The summed E-state index contributed by atoms with van der Waals surface area (Å²) >= 11 is 0. The second-order valence-electron chi connectivity index (χ2n) is 7.94. The maximum atomic E-state index is 12.7. The molecule has 2 saturated carbocycles. The highest BCUT2D eigenvalue weighted by molar-refractivity contribution is 5.98. The van der Waals surface area contributed by atoms with Crippen molar-refractivity contribution < 1.29 is 4.79 Å². The lowest BCUT2D eigenvalue weighted by Crippen LogP contribution is -2.19. The van der Waals surface area contributed by atoms with E-state index in [4.69, 9.17) is 5.73 Å². The molecule has 0 spiro atoms. The van der Waals surface area contributed by atoms with Crippen LogP contribution in [-0.2, 0) is 4.79 Å². The Labute approximate surface area is 168 Å². The third-order valence-electron chi connectivity index (χ3n) is 6.28. The highest BCUT2D eigenvalue weighted by Gasteiger charge is 2.61. The minimum absolute atomic E-state index is 0.0106. The second-order valence-corrected chi connectivity index (χ2v) is 7.94. The maximum Gasteiger partial charge on any atom is 0.229 e. The van der Waals surface area contributed by atoms with Crippen molar-refractivity contribution in [1.29, 1.82) is 5.26 Å². The normalized spacial score (nSPS) is 24.7. The van der Waals surface area contributed by atoms with Gasteiger partial charge >= 0.3 is 0 Å². The van der Waals surface area contributed by atoms with E-state index in [0.717, 1.165) is 40.4 Å².